The Bertz CT molecular complexity index is 986. The molecule has 8 heteroatoms. The van der Waals surface area contributed by atoms with Gasteiger partial charge in [0.05, 0.1) is 6.54 Å². The number of pyridine rings is 2. The molecule has 3 heterocycles. The summed E-state index contributed by atoms with van der Waals surface area (Å²) in [5.74, 6) is -0.145. The van der Waals surface area contributed by atoms with Gasteiger partial charge in [0, 0.05) is 55.9 Å². The van der Waals surface area contributed by atoms with Crippen LogP contribution in [0.5, 0.6) is 0 Å². The van der Waals surface area contributed by atoms with Crippen LogP contribution in [0.4, 0.5) is 5.82 Å². The Morgan fingerprint density at radius 3 is 2.73 bits per heavy atom. The molecule has 2 aromatic rings. The number of rotatable bonds is 6. The van der Waals surface area contributed by atoms with Crippen molar-refractivity contribution in [3.8, 4) is 11.1 Å². The topological polar surface area (TPSA) is 95.5 Å². The minimum atomic E-state index is -0.299. The van der Waals surface area contributed by atoms with Gasteiger partial charge in [-0.25, -0.2) is 4.98 Å². The van der Waals surface area contributed by atoms with Gasteiger partial charge >= 0.3 is 0 Å². The van der Waals surface area contributed by atoms with Gasteiger partial charge in [-0.05, 0) is 37.5 Å². The minimum absolute atomic E-state index is 0.0304. The molecule has 156 valence electrons. The number of hydrogen-bond donors (Lipinski definition) is 1. The van der Waals surface area contributed by atoms with E-state index in [1.165, 1.54) is 4.90 Å². The maximum Gasteiger partial charge on any atom is 0.270 e. The van der Waals surface area contributed by atoms with E-state index in [2.05, 4.69) is 15.3 Å². The number of hydrogen-bond acceptors (Lipinski definition) is 6. The Morgan fingerprint density at radius 1 is 1.30 bits per heavy atom. The van der Waals surface area contributed by atoms with E-state index in [-0.39, 0.29) is 18.4 Å². The van der Waals surface area contributed by atoms with Crippen molar-refractivity contribution in [3.63, 3.8) is 0 Å². The van der Waals surface area contributed by atoms with Crippen LogP contribution < -0.4 is 5.32 Å². The third kappa shape index (κ3) is 4.71. The lowest BCUT2D eigenvalue weighted by Gasteiger charge is -2.32. The largest absolute Gasteiger partial charge is 0.357 e. The number of aromatic nitrogens is 2. The summed E-state index contributed by atoms with van der Waals surface area (Å²) >= 11 is 0. The monoisotopic (exact) mass is 407 g/mol. The van der Waals surface area contributed by atoms with Crippen molar-refractivity contribution in [2.45, 2.75) is 19.8 Å². The average Bonchev–Trinajstić information content (AvgIpc) is 2.73. The van der Waals surface area contributed by atoms with Crippen LogP contribution in [0.1, 0.15) is 18.4 Å². The summed E-state index contributed by atoms with van der Waals surface area (Å²) < 4.78 is 0. The van der Waals surface area contributed by atoms with Gasteiger partial charge in [0.1, 0.15) is 17.8 Å². The molecule has 30 heavy (non-hydrogen) atoms. The number of nitrogens with zero attached hydrogens (tertiary/aromatic N) is 4. The molecule has 2 amide bonds. The molecule has 0 aromatic carbocycles. The van der Waals surface area contributed by atoms with E-state index >= 15 is 0 Å². The molecular weight excluding hydrogens is 382 g/mol. The summed E-state index contributed by atoms with van der Waals surface area (Å²) in [6.45, 7) is 2.45. The van der Waals surface area contributed by atoms with Crippen LogP contribution in [0.2, 0.25) is 0 Å². The zero-order valence-electron chi connectivity index (χ0n) is 17.4. The van der Waals surface area contributed by atoms with E-state index in [4.69, 9.17) is 0 Å². The summed E-state index contributed by atoms with van der Waals surface area (Å²) in [5, 5.41) is 2.79. The molecule has 0 aliphatic carbocycles. The number of aryl methyl sites for hydroxylation is 1. The average molecular weight is 407 g/mol. The maximum atomic E-state index is 12.6. The molecule has 0 saturated heterocycles. The van der Waals surface area contributed by atoms with Gasteiger partial charge in [0.15, 0.2) is 0 Å². The first-order valence-electron chi connectivity index (χ1n) is 9.72. The molecule has 0 spiro atoms. The number of anilines is 1. The second-order valence-corrected chi connectivity index (χ2v) is 7.39. The maximum absolute atomic E-state index is 12.6. The Kier molecular flexibility index (Phi) is 6.56. The third-order valence-electron chi connectivity index (χ3n) is 4.93. The van der Waals surface area contributed by atoms with E-state index in [1.807, 2.05) is 19.1 Å². The molecule has 1 aliphatic heterocycles. The Labute approximate surface area is 175 Å². The number of aldehydes is 1. The van der Waals surface area contributed by atoms with Gasteiger partial charge < -0.3 is 15.1 Å². The molecule has 0 radical (unpaired) electrons. The molecular formula is C22H25N5O3. The first kappa shape index (κ1) is 21.2. The summed E-state index contributed by atoms with van der Waals surface area (Å²) in [6, 6.07) is 5.61. The highest BCUT2D eigenvalue weighted by atomic mass is 16.2. The van der Waals surface area contributed by atoms with Gasteiger partial charge in [-0.2, -0.15) is 0 Å². The van der Waals surface area contributed by atoms with Crippen LogP contribution in [-0.4, -0.2) is 65.1 Å². The van der Waals surface area contributed by atoms with Crippen LogP contribution in [0, 0.1) is 6.92 Å². The summed E-state index contributed by atoms with van der Waals surface area (Å²) in [7, 11) is 3.25. The fourth-order valence-corrected chi connectivity index (χ4v) is 3.46. The predicted octanol–water partition coefficient (Wildman–Crippen LogP) is 2.03. The molecule has 0 fully saturated rings. The highest BCUT2D eigenvalue weighted by Crippen LogP contribution is 2.24. The predicted molar refractivity (Wildman–Crippen MR) is 113 cm³/mol. The number of carbonyl (C=O) groups is 3. The van der Waals surface area contributed by atoms with Crippen LogP contribution >= 0.6 is 0 Å². The van der Waals surface area contributed by atoms with Gasteiger partial charge in [-0.3, -0.25) is 19.4 Å². The van der Waals surface area contributed by atoms with Crippen LogP contribution in [-0.2, 0) is 14.4 Å². The number of carbonyl (C=O) groups excluding carboxylic acids is 3. The zero-order valence-corrected chi connectivity index (χ0v) is 17.4. The molecule has 1 N–H and O–H groups in total. The number of likely N-dealkylation sites (N-methyl/N-ethyl adjacent to an activating group) is 1. The SMILES string of the molecule is Cc1cc(NC(=O)CN2CCCC(C=O)=C2C(=O)N(C)C)ncc1-c1cccnc1. The summed E-state index contributed by atoms with van der Waals surface area (Å²) in [4.78, 5) is 48.2. The van der Waals surface area contributed by atoms with Crippen molar-refractivity contribution < 1.29 is 14.4 Å². The van der Waals surface area contributed by atoms with Gasteiger partial charge in [-0.15, -0.1) is 0 Å². The molecule has 0 bridgehead atoms. The van der Waals surface area contributed by atoms with Crippen molar-refractivity contribution in [1.29, 1.82) is 0 Å². The van der Waals surface area contributed by atoms with E-state index in [0.29, 0.717) is 42.8 Å². The normalized spacial score (nSPS) is 13.8. The fourth-order valence-electron chi connectivity index (χ4n) is 3.46. The Morgan fingerprint density at radius 2 is 2.10 bits per heavy atom. The lowest BCUT2D eigenvalue weighted by Crippen LogP contribution is -2.42. The first-order chi connectivity index (χ1) is 14.4. The van der Waals surface area contributed by atoms with Crippen molar-refractivity contribution in [2.24, 2.45) is 0 Å². The van der Waals surface area contributed by atoms with Crippen LogP contribution in [0.25, 0.3) is 11.1 Å². The molecule has 0 saturated carbocycles. The second-order valence-electron chi connectivity index (χ2n) is 7.39. The number of allylic oxidation sites excluding steroid dienone is 1. The van der Waals surface area contributed by atoms with Gasteiger partial charge in [0.25, 0.3) is 5.91 Å². The highest BCUT2D eigenvalue weighted by molar-refractivity contribution is 6.00. The quantitative estimate of drug-likeness (QED) is 0.736. The van der Waals surface area contributed by atoms with Crippen LogP contribution in [0.15, 0.2) is 48.1 Å². The van der Waals surface area contributed by atoms with Crippen molar-refractivity contribution in [1.82, 2.24) is 19.8 Å². The number of nitrogens with one attached hydrogen (secondary N) is 1. The number of amides is 2. The summed E-state index contributed by atoms with van der Waals surface area (Å²) in [5.41, 5.74) is 3.58. The highest BCUT2D eigenvalue weighted by Gasteiger charge is 2.28. The van der Waals surface area contributed by atoms with E-state index in [0.717, 1.165) is 16.7 Å². The lowest BCUT2D eigenvalue weighted by atomic mass is 10.0. The smallest absolute Gasteiger partial charge is 0.270 e. The van der Waals surface area contributed by atoms with Gasteiger partial charge in [0.2, 0.25) is 5.91 Å². The van der Waals surface area contributed by atoms with E-state index < -0.39 is 0 Å². The summed E-state index contributed by atoms with van der Waals surface area (Å²) in [6.07, 6.45) is 7.13. The minimum Gasteiger partial charge on any atom is -0.357 e. The van der Waals surface area contributed by atoms with Crippen molar-refractivity contribution in [3.05, 3.63) is 53.6 Å². The Hall–Kier alpha value is -3.55. The van der Waals surface area contributed by atoms with Gasteiger partial charge in [-0.1, -0.05) is 6.07 Å². The lowest BCUT2D eigenvalue weighted by molar-refractivity contribution is -0.127. The molecule has 1 aliphatic rings. The fraction of sp³-hybridized carbons (Fsp3) is 0.318. The molecule has 8 nitrogen and oxygen atoms in total. The first-order valence-corrected chi connectivity index (χ1v) is 9.72. The standard InChI is InChI=1S/C22H25N5O3/c1-15-10-19(24-12-18(15)16-6-4-8-23-11-16)25-20(29)13-27-9-5-7-17(14-28)21(27)22(30)26(2)3/h4,6,8,10-12,14H,5,7,9,13H2,1-3H3,(H,24,25,29). The van der Waals surface area contributed by atoms with Crippen LogP contribution in [0.3, 0.4) is 0 Å². The van der Waals surface area contributed by atoms with E-state index in [9.17, 15) is 14.4 Å². The second kappa shape index (κ2) is 9.30. The third-order valence-corrected chi connectivity index (χ3v) is 4.93. The Balaban J connectivity index is 1.74. The van der Waals surface area contributed by atoms with Crippen molar-refractivity contribution in [2.75, 3.05) is 32.5 Å². The molecule has 0 atom stereocenters. The molecule has 3 rings (SSSR count). The molecule has 2 aromatic heterocycles. The van der Waals surface area contributed by atoms with E-state index in [1.54, 1.807) is 43.7 Å². The van der Waals surface area contributed by atoms with Crippen molar-refractivity contribution >= 4 is 23.9 Å². The molecule has 0 unspecified atom stereocenters. The zero-order chi connectivity index (χ0) is 21.7.